The number of carbonyl (C=O) groups excluding carboxylic acids is 1. The lowest BCUT2D eigenvalue weighted by atomic mass is 10.1. The number of hydrogen-bond acceptors (Lipinski definition) is 4. The molecule has 5 nitrogen and oxygen atoms in total. The summed E-state index contributed by atoms with van der Waals surface area (Å²) in [6, 6.07) is 6.24. The van der Waals surface area contributed by atoms with E-state index in [1.54, 1.807) is 13.2 Å². The van der Waals surface area contributed by atoms with Crippen molar-refractivity contribution < 1.29 is 13.9 Å². The van der Waals surface area contributed by atoms with Crippen LogP contribution in [0.5, 0.6) is 0 Å². The summed E-state index contributed by atoms with van der Waals surface area (Å²) in [5, 5.41) is 8.83. The Labute approximate surface area is 141 Å². The molecular formula is C18H22FN3O2. The van der Waals surface area contributed by atoms with Gasteiger partial charge in [0.05, 0.1) is 17.7 Å². The van der Waals surface area contributed by atoms with Crippen molar-refractivity contribution in [3.63, 3.8) is 0 Å². The Hall–Kier alpha value is -1.97. The van der Waals surface area contributed by atoms with Gasteiger partial charge in [-0.25, -0.2) is 4.39 Å². The second-order valence-electron chi connectivity index (χ2n) is 6.50. The van der Waals surface area contributed by atoms with Gasteiger partial charge in [-0.05, 0) is 37.0 Å². The summed E-state index contributed by atoms with van der Waals surface area (Å²) in [6.45, 7) is 2.79. The average Bonchev–Trinajstić information content (AvgIpc) is 3.24. The van der Waals surface area contributed by atoms with Crippen molar-refractivity contribution in [2.45, 2.75) is 38.0 Å². The van der Waals surface area contributed by atoms with Gasteiger partial charge < -0.3 is 9.64 Å². The molecule has 0 aliphatic carbocycles. The van der Waals surface area contributed by atoms with Gasteiger partial charge in [0, 0.05) is 33.3 Å². The molecule has 0 radical (unpaired) electrons. The predicted octanol–water partition coefficient (Wildman–Crippen LogP) is 1.91. The molecule has 1 amide bonds. The minimum atomic E-state index is -0.514. The molecule has 1 aromatic carbocycles. The lowest BCUT2D eigenvalue weighted by molar-refractivity contribution is -0.135. The molecule has 2 fully saturated rings. The number of halogens is 1. The summed E-state index contributed by atoms with van der Waals surface area (Å²) in [5.74, 6) is -0.360. The summed E-state index contributed by atoms with van der Waals surface area (Å²) in [4.78, 5) is 16.8. The van der Waals surface area contributed by atoms with Crippen LogP contribution in [0, 0.1) is 17.1 Å². The zero-order valence-electron chi connectivity index (χ0n) is 13.9. The largest absolute Gasteiger partial charge is 0.380 e. The standard InChI is InChI=1S/C18H22FN3O2/c1-24-15-9-17(18(23)21-6-2-3-7-21)22(12-15)11-13-4-5-14(10-20)16(19)8-13/h4-5,8,15,17H,2-3,6-7,9,11-12H2,1H3/t15-,17-/m0/s1. The average molecular weight is 331 g/mol. The third-order valence-corrected chi connectivity index (χ3v) is 4.94. The fraction of sp³-hybridized carbons (Fsp3) is 0.556. The van der Waals surface area contributed by atoms with E-state index in [1.165, 1.54) is 12.1 Å². The molecule has 2 heterocycles. The zero-order valence-corrected chi connectivity index (χ0v) is 13.9. The van der Waals surface area contributed by atoms with E-state index in [1.807, 2.05) is 11.0 Å². The Morgan fingerprint density at radius 1 is 1.42 bits per heavy atom. The number of hydrogen-bond donors (Lipinski definition) is 0. The number of amides is 1. The Balaban J connectivity index is 1.75. The molecule has 0 unspecified atom stereocenters. The molecule has 2 saturated heterocycles. The number of likely N-dealkylation sites (tertiary alicyclic amines) is 2. The van der Waals surface area contributed by atoms with E-state index in [4.69, 9.17) is 10.00 Å². The summed E-state index contributed by atoms with van der Waals surface area (Å²) in [5.41, 5.74) is 0.808. The number of benzene rings is 1. The second-order valence-corrected chi connectivity index (χ2v) is 6.50. The smallest absolute Gasteiger partial charge is 0.240 e. The van der Waals surface area contributed by atoms with Crippen LogP contribution in [0.1, 0.15) is 30.4 Å². The van der Waals surface area contributed by atoms with Crippen LogP contribution < -0.4 is 0 Å². The van der Waals surface area contributed by atoms with Crippen molar-refractivity contribution in [1.29, 1.82) is 5.26 Å². The first-order valence-corrected chi connectivity index (χ1v) is 8.36. The Kier molecular flexibility index (Phi) is 5.12. The maximum Gasteiger partial charge on any atom is 0.240 e. The summed E-state index contributed by atoms with van der Waals surface area (Å²) < 4.78 is 19.3. The van der Waals surface area contributed by atoms with Gasteiger partial charge in [-0.3, -0.25) is 9.69 Å². The van der Waals surface area contributed by atoms with Gasteiger partial charge in [0.15, 0.2) is 0 Å². The lowest BCUT2D eigenvalue weighted by Crippen LogP contribution is -2.44. The number of nitrogens with zero attached hydrogens (tertiary/aromatic N) is 3. The number of nitriles is 1. The molecule has 3 rings (SSSR count). The Bertz CT molecular complexity index is 652. The Morgan fingerprint density at radius 3 is 2.79 bits per heavy atom. The van der Waals surface area contributed by atoms with Crippen LogP contribution in [-0.4, -0.2) is 54.6 Å². The molecular weight excluding hydrogens is 309 g/mol. The van der Waals surface area contributed by atoms with E-state index in [2.05, 4.69) is 4.90 Å². The molecule has 128 valence electrons. The highest BCUT2D eigenvalue weighted by Crippen LogP contribution is 2.26. The van der Waals surface area contributed by atoms with Gasteiger partial charge in [0.1, 0.15) is 11.9 Å². The lowest BCUT2D eigenvalue weighted by Gasteiger charge is -2.27. The van der Waals surface area contributed by atoms with Crippen LogP contribution in [0.2, 0.25) is 0 Å². The van der Waals surface area contributed by atoms with Crippen molar-refractivity contribution >= 4 is 5.91 Å². The van der Waals surface area contributed by atoms with E-state index in [0.29, 0.717) is 19.5 Å². The van der Waals surface area contributed by atoms with Gasteiger partial charge in [-0.2, -0.15) is 5.26 Å². The maximum absolute atomic E-state index is 13.8. The van der Waals surface area contributed by atoms with Gasteiger partial charge in [-0.1, -0.05) is 6.07 Å². The molecule has 0 spiro atoms. The third kappa shape index (κ3) is 3.42. The highest BCUT2D eigenvalue weighted by Gasteiger charge is 2.39. The van der Waals surface area contributed by atoms with Gasteiger partial charge in [0.25, 0.3) is 0 Å². The first kappa shape index (κ1) is 16.9. The van der Waals surface area contributed by atoms with Crippen molar-refractivity contribution in [1.82, 2.24) is 9.80 Å². The Morgan fingerprint density at radius 2 is 2.17 bits per heavy atom. The van der Waals surface area contributed by atoms with Crippen LogP contribution in [0.25, 0.3) is 0 Å². The molecule has 0 saturated carbocycles. The molecule has 1 aromatic rings. The van der Waals surface area contributed by atoms with E-state index in [9.17, 15) is 9.18 Å². The van der Waals surface area contributed by atoms with Crippen LogP contribution >= 0.6 is 0 Å². The normalized spacial score (nSPS) is 24.3. The van der Waals surface area contributed by atoms with Crippen LogP contribution in [0.4, 0.5) is 4.39 Å². The van der Waals surface area contributed by atoms with Gasteiger partial charge >= 0.3 is 0 Å². The summed E-state index contributed by atoms with van der Waals surface area (Å²) in [7, 11) is 1.66. The molecule has 0 N–H and O–H groups in total. The first-order valence-electron chi connectivity index (χ1n) is 8.36. The number of methoxy groups -OCH3 is 1. The third-order valence-electron chi connectivity index (χ3n) is 4.94. The highest BCUT2D eigenvalue weighted by molar-refractivity contribution is 5.82. The number of rotatable bonds is 4. The van der Waals surface area contributed by atoms with Crippen LogP contribution in [0.3, 0.4) is 0 Å². The highest BCUT2D eigenvalue weighted by atomic mass is 19.1. The number of carbonyl (C=O) groups is 1. The van der Waals surface area contributed by atoms with Crippen molar-refractivity contribution in [3.05, 3.63) is 35.1 Å². The second kappa shape index (κ2) is 7.29. The molecule has 2 aliphatic heterocycles. The van der Waals surface area contributed by atoms with Crippen molar-refractivity contribution in [2.75, 3.05) is 26.7 Å². The summed E-state index contributed by atoms with van der Waals surface area (Å²) >= 11 is 0. The molecule has 0 aromatic heterocycles. The molecule has 2 atom stereocenters. The van der Waals surface area contributed by atoms with E-state index < -0.39 is 5.82 Å². The topological polar surface area (TPSA) is 56.6 Å². The minimum Gasteiger partial charge on any atom is -0.380 e. The fourth-order valence-corrected chi connectivity index (χ4v) is 3.59. The maximum atomic E-state index is 13.8. The van der Waals surface area contributed by atoms with E-state index in [-0.39, 0.29) is 23.6 Å². The van der Waals surface area contributed by atoms with Crippen LogP contribution in [-0.2, 0) is 16.1 Å². The number of ether oxygens (including phenoxy) is 1. The molecule has 6 heteroatoms. The van der Waals surface area contributed by atoms with Crippen molar-refractivity contribution in [2.24, 2.45) is 0 Å². The quantitative estimate of drug-likeness (QED) is 0.846. The first-order chi connectivity index (χ1) is 11.6. The van der Waals surface area contributed by atoms with E-state index >= 15 is 0 Å². The molecule has 2 aliphatic rings. The fourth-order valence-electron chi connectivity index (χ4n) is 3.59. The monoisotopic (exact) mass is 331 g/mol. The van der Waals surface area contributed by atoms with Crippen molar-refractivity contribution in [3.8, 4) is 6.07 Å². The predicted molar refractivity (Wildman–Crippen MR) is 86.5 cm³/mol. The van der Waals surface area contributed by atoms with Crippen LogP contribution in [0.15, 0.2) is 18.2 Å². The molecule has 24 heavy (non-hydrogen) atoms. The van der Waals surface area contributed by atoms with Gasteiger partial charge in [0.2, 0.25) is 5.91 Å². The zero-order chi connectivity index (χ0) is 17.1. The molecule has 0 bridgehead atoms. The summed E-state index contributed by atoms with van der Waals surface area (Å²) in [6.07, 6.45) is 2.81. The van der Waals surface area contributed by atoms with Gasteiger partial charge in [-0.15, -0.1) is 0 Å². The van der Waals surface area contributed by atoms with E-state index in [0.717, 1.165) is 31.5 Å². The SMILES string of the molecule is CO[C@H]1C[C@@H](C(=O)N2CCCC2)N(Cc2ccc(C#N)c(F)c2)C1. The minimum absolute atomic E-state index is 0.0183.